The number of alkyl halides is 1. The first kappa shape index (κ1) is 11.8. The van der Waals surface area contributed by atoms with Crippen LogP contribution in [0.4, 0.5) is 0 Å². The Morgan fingerprint density at radius 2 is 1.28 bits per heavy atom. The van der Waals surface area contributed by atoms with Crippen molar-refractivity contribution >= 4 is 11.6 Å². The van der Waals surface area contributed by atoms with Gasteiger partial charge in [-0.05, 0) is 11.1 Å². The summed E-state index contributed by atoms with van der Waals surface area (Å²) in [5, 5.41) is 0.305. The lowest BCUT2D eigenvalue weighted by molar-refractivity contribution is 0.145. The Kier molecular flexibility index (Phi) is 3.35. The van der Waals surface area contributed by atoms with E-state index in [4.69, 9.17) is 11.6 Å². The monoisotopic (exact) mass is 257 g/mol. The molecule has 1 fully saturated rings. The van der Waals surface area contributed by atoms with Gasteiger partial charge in [-0.15, -0.1) is 11.6 Å². The third-order valence-corrected chi connectivity index (χ3v) is 3.74. The first-order valence-electron chi connectivity index (χ1n) is 6.32. The standard InChI is InChI=1S/C16H16ClN/c17-15-11-18(12-15)16(13-7-3-1-4-8-13)14-9-5-2-6-10-14/h1-10,15-16H,11-12H2. The second-order valence-electron chi connectivity index (χ2n) is 4.78. The van der Waals surface area contributed by atoms with E-state index >= 15 is 0 Å². The molecule has 0 atom stereocenters. The quantitative estimate of drug-likeness (QED) is 0.758. The van der Waals surface area contributed by atoms with E-state index in [9.17, 15) is 0 Å². The minimum atomic E-state index is 0.305. The van der Waals surface area contributed by atoms with Gasteiger partial charge in [0.2, 0.25) is 0 Å². The summed E-state index contributed by atoms with van der Waals surface area (Å²) in [5.74, 6) is 0. The molecule has 0 unspecified atom stereocenters. The highest BCUT2D eigenvalue weighted by molar-refractivity contribution is 6.21. The minimum absolute atomic E-state index is 0.305. The number of rotatable bonds is 3. The van der Waals surface area contributed by atoms with Crippen molar-refractivity contribution in [2.24, 2.45) is 0 Å². The van der Waals surface area contributed by atoms with E-state index in [-0.39, 0.29) is 0 Å². The lowest BCUT2D eigenvalue weighted by atomic mass is 9.94. The first-order valence-corrected chi connectivity index (χ1v) is 6.76. The lowest BCUT2D eigenvalue weighted by Gasteiger charge is -2.42. The van der Waals surface area contributed by atoms with Crippen LogP contribution >= 0.6 is 11.6 Å². The first-order chi connectivity index (χ1) is 8.84. The molecule has 0 radical (unpaired) electrons. The van der Waals surface area contributed by atoms with Gasteiger partial charge in [0.05, 0.1) is 11.4 Å². The van der Waals surface area contributed by atoms with E-state index in [2.05, 4.69) is 65.6 Å². The summed E-state index contributed by atoms with van der Waals surface area (Å²) >= 11 is 6.12. The highest BCUT2D eigenvalue weighted by atomic mass is 35.5. The van der Waals surface area contributed by atoms with Crippen molar-refractivity contribution < 1.29 is 0 Å². The van der Waals surface area contributed by atoms with Crippen molar-refractivity contribution in [3.8, 4) is 0 Å². The van der Waals surface area contributed by atoms with Gasteiger partial charge >= 0.3 is 0 Å². The van der Waals surface area contributed by atoms with E-state index in [1.165, 1.54) is 11.1 Å². The summed E-state index contributed by atoms with van der Waals surface area (Å²) in [5.41, 5.74) is 2.68. The Labute approximate surface area is 113 Å². The van der Waals surface area contributed by atoms with E-state index in [0.717, 1.165) is 13.1 Å². The average molecular weight is 258 g/mol. The minimum Gasteiger partial charge on any atom is -0.289 e. The summed E-state index contributed by atoms with van der Waals surface area (Å²) in [6.07, 6.45) is 0. The summed E-state index contributed by atoms with van der Waals surface area (Å²) in [4.78, 5) is 2.43. The van der Waals surface area contributed by atoms with Gasteiger partial charge in [0.1, 0.15) is 0 Å². The Hall–Kier alpha value is -1.31. The van der Waals surface area contributed by atoms with Gasteiger partial charge in [-0.1, -0.05) is 60.7 Å². The molecule has 18 heavy (non-hydrogen) atoms. The van der Waals surface area contributed by atoms with Crippen LogP contribution in [-0.4, -0.2) is 23.4 Å². The van der Waals surface area contributed by atoms with E-state index in [0.29, 0.717) is 11.4 Å². The van der Waals surface area contributed by atoms with Crippen LogP contribution in [-0.2, 0) is 0 Å². The zero-order chi connectivity index (χ0) is 12.4. The maximum Gasteiger partial charge on any atom is 0.0602 e. The summed E-state index contributed by atoms with van der Waals surface area (Å²) in [6, 6.07) is 21.6. The van der Waals surface area contributed by atoms with Crippen LogP contribution in [0.1, 0.15) is 17.2 Å². The highest BCUT2D eigenvalue weighted by Gasteiger charge is 2.32. The second-order valence-corrected chi connectivity index (χ2v) is 5.39. The fourth-order valence-corrected chi connectivity index (χ4v) is 2.91. The molecule has 0 bridgehead atoms. The molecule has 1 aliphatic heterocycles. The summed E-state index contributed by atoms with van der Waals surface area (Å²) < 4.78 is 0. The molecule has 1 nitrogen and oxygen atoms in total. The Morgan fingerprint density at radius 3 is 1.67 bits per heavy atom. The van der Waals surface area contributed by atoms with Crippen LogP contribution < -0.4 is 0 Å². The van der Waals surface area contributed by atoms with Crippen molar-refractivity contribution in [3.63, 3.8) is 0 Å². The molecule has 0 N–H and O–H groups in total. The fourth-order valence-electron chi connectivity index (χ4n) is 2.55. The SMILES string of the molecule is ClC1CN(C(c2ccccc2)c2ccccc2)C1. The zero-order valence-corrected chi connectivity index (χ0v) is 10.9. The number of benzene rings is 2. The molecule has 2 aromatic carbocycles. The third-order valence-electron chi connectivity index (χ3n) is 3.46. The Bertz CT molecular complexity index is 452. The van der Waals surface area contributed by atoms with Gasteiger partial charge in [-0.2, -0.15) is 0 Å². The lowest BCUT2D eigenvalue weighted by Crippen LogP contribution is -2.49. The second kappa shape index (κ2) is 5.13. The number of hydrogen-bond donors (Lipinski definition) is 0. The van der Waals surface area contributed by atoms with Gasteiger partial charge in [0, 0.05) is 13.1 Å². The van der Waals surface area contributed by atoms with Crippen LogP contribution in [0.15, 0.2) is 60.7 Å². The van der Waals surface area contributed by atoms with Crippen LogP contribution in [0, 0.1) is 0 Å². The Balaban J connectivity index is 1.94. The van der Waals surface area contributed by atoms with Crippen molar-refractivity contribution in [1.29, 1.82) is 0 Å². The van der Waals surface area contributed by atoms with Crippen molar-refractivity contribution in [2.45, 2.75) is 11.4 Å². The largest absolute Gasteiger partial charge is 0.289 e. The van der Waals surface area contributed by atoms with Crippen molar-refractivity contribution in [2.75, 3.05) is 13.1 Å². The molecule has 0 aromatic heterocycles. The average Bonchev–Trinajstić information content (AvgIpc) is 2.40. The van der Waals surface area contributed by atoms with E-state index in [1.807, 2.05) is 0 Å². The van der Waals surface area contributed by atoms with Gasteiger partial charge in [-0.3, -0.25) is 4.90 Å². The van der Waals surface area contributed by atoms with Gasteiger partial charge < -0.3 is 0 Å². The molecule has 1 heterocycles. The summed E-state index contributed by atoms with van der Waals surface area (Å²) in [7, 11) is 0. The number of nitrogens with zero attached hydrogens (tertiary/aromatic N) is 1. The van der Waals surface area contributed by atoms with Crippen molar-refractivity contribution in [1.82, 2.24) is 4.90 Å². The van der Waals surface area contributed by atoms with Crippen LogP contribution in [0.3, 0.4) is 0 Å². The summed E-state index contributed by atoms with van der Waals surface area (Å²) in [6.45, 7) is 1.94. The maximum absolute atomic E-state index is 6.12. The molecular weight excluding hydrogens is 242 g/mol. The molecular formula is C16H16ClN. The topological polar surface area (TPSA) is 3.24 Å². The van der Waals surface area contributed by atoms with Gasteiger partial charge in [0.15, 0.2) is 0 Å². The normalized spacial score (nSPS) is 16.8. The molecule has 0 amide bonds. The molecule has 0 spiro atoms. The smallest absolute Gasteiger partial charge is 0.0602 e. The molecule has 2 heteroatoms. The number of hydrogen-bond acceptors (Lipinski definition) is 1. The third kappa shape index (κ3) is 2.29. The van der Waals surface area contributed by atoms with Crippen LogP contribution in [0.25, 0.3) is 0 Å². The predicted octanol–water partition coefficient (Wildman–Crippen LogP) is 3.70. The van der Waals surface area contributed by atoms with Gasteiger partial charge in [-0.25, -0.2) is 0 Å². The molecule has 2 aromatic rings. The molecule has 3 rings (SSSR count). The molecule has 0 saturated carbocycles. The molecule has 1 saturated heterocycles. The maximum atomic E-state index is 6.12. The van der Waals surface area contributed by atoms with E-state index < -0.39 is 0 Å². The molecule has 0 aliphatic carbocycles. The fraction of sp³-hybridized carbons (Fsp3) is 0.250. The van der Waals surface area contributed by atoms with Crippen molar-refractivity contribution in [3.05, 3.63) is 71.8 Å². The van der Waals surface area contributed by atoms with Gasteiger partial charge in [0.25, 0.3) is 0 Å². The number of halogens is 1. The van der Waals surface area contributed by atoms with E-state index in [1.54, 1.807) is 0 Å². The number of likely N-dealkylation sites (tertiary alicyclic amines) is 1. The highest BCUT2D eigenvalue weighted by Crippen LogP contribution is 2.33. The molecule has 1 aliphatic rings. The van der Waals surface area contributed by atoms with Crippen LogP contribution in [0.2, 0.25) is 0 Å². The predicted molar refractivity (Wildman–Crippen MR) is 75.9 cm³/mol. The molecule has 92 valence electrons. The Morgan fingerprint density at radius 1 is 0.833 bits per heavy atom. The zero-order valence-electron chi connectivity index (χ0n) is 10.2. The van der Waals surface area contributed by atoms with Crippen LogP contribution in [0.5, 0.6) is 0 Å².